The second-order valence-corrected chi connectivity index (χ2v) is 4.82. The van der Waals surface area contributed by atoms with Crippen LogP contribution < -0.4 is 10.6 Å². The molecule has 2 unspecified atom stereocenters. The third-order valence-electron chi connectivity index (χ3n) is 2.28. The van der Waals surface area contributed by atoms with E-state index in [1.807, 2.05) is 10.6 Å². The molecule has 1 aromatic carbocycles. The van der Waals surface area contributed by atoms with Crippen molar-refractivity contribution in [2.75, 3.05) is 5.32 Å². The van der Waals surface area contributed by atoms with Gasteiger partial charge in [0, 0.05) is 4.47 Å². The molecule has 6 nitrogen and oxygen atoms in total. The minimum absolute atomic E-state index is 0.144. The molecule has 0 heterocycles. The third-order valence-corrected chi connectivity index (χ3v) is 2.74. The third kappa shape index (κ3) is 4.14. The van der Waals surface area contributed by atoms with Crippen LogP contribution in [0.15, 0.2) is 16.6 Å². The fourth-order valence-corrected chi connectivity index (χ4v) is 1.74. The van der Waals surface area contributed by atoms with Crippen LogP contribution in [0, 0.1) is 11.6 Å². The van der Waals surface area contributed by atoms with Crippen LogP contribution in [0.25, 0.3) is 0 Å². The minimum Gasteiger partial charge on any atom is -0.480 e. The molecule has 1 aromatic rings. The van der Waals surface area contributed by atoms with Crippen LogP contribution in [0.3, 0.4) is 0 Å². The Hall–Kier alpha value is -1.74. The number of rotatable bonds is 4. The molecule has 0 bridgehead atoms. The first-order valence-corrected chi connectivity index (χ1v) is 6.14. The number of carbonyl (C=O) groups is 2. The minimum atomic E-state index is -1.60. The number of aliphatic hydroxyl groups is 1. The molecule has 0 aliphatic carbocycles. The quantitative estimate of drug-likeness (QED) is 0.662. The van der Waals surface area contributed by atoms with E-state index in [2.05, 4.69) is 15.9 Å². The van der Waals surface area contributed by atoms with Crippen molar-refractivity contribution in [1.82, 2.24) is 5.32 Å². The smallest absolute Gasteiger partial charge is 0.328 e. The standard InChI is InChI=1S/C11H11BrF2N2O4/c1-4(17)8(10(18)19)15-11(20)16-9-6(13)2-5(12)3-7(9)14/h2-4,8,17H,1H3,(H,18,19)(H2,15,16,20). The number of carbonyl (C=O) groups excluding carboxylic acids is 1. The molecule has 0 aromatic heterocycles. The number of aliphatic hydroxyl groups excluding tert-OH is 1. The molecule has 9 heteroatoms. The highest BCUT2D eigenvalue weighted by atomic mass is 79.9. The van der Waals surface area contributed by atoms with Gasteiger partial charge in [-0.3, -0.25) is 0 Å². The van der Waals surface area contributed by atoms with Crippen LogP contribution in [-0.4, -0.2) is 34.4 Å². The largest absolute Gasteiger partial charge is 0.480 e. The van der Waals surface area contributed by atoms with Gasteiger partial charge < -0.3 is 20.8 Å². The average Bonchev–Trinajstić information content (AvgIpc) is 2.29. The SMILES string of the molecule is CC(O)C(NC(=O)Nc1c(F)cc(Br)cc1F)C(=O)O. The summed E-state index contributed by atoms with van der Waals surface area (Å²) in [5.74, 6) is -3.54. The summed E-state index contributed by atoms with van der Waals surface area (Å²) >= 11 is 2.87. The number of amides is 2. The van der Waals surface area contributed by atoms with E-state index in [0.717, 1.165) is 19.1 Å². The van der Waals surface area contributed by atoms with E-state index in [0.29, 0.717) is 0 Å². The van der Waals surface area contributed by atoms with Gasteiger partial charge in [0.2, 0.25) is 0 Å². The molecule has 2 amide bonds. The van der Waals surface area contributed by atoms with Crippen molar-refractivity contribution in [1.29, 1.82) is 0 Å². The van der Waals surface area contributed by atoms with Crippen molar-refractivity contribution in [2.24, 2.45) is 0 Å². The molecule has 20 heavy (non-hydrogen) atoms. The summed E-state index contributed by atoms with van der Waals surface area (Å²) in [5.41, 5.74) is -0.722. The van der Waals surface area contributed by atoms with Gasteiger partial charge in [-0.25, -0.2) is 18.4 Å². The Bertz CT molecular complexity index is 516. The molecule has 110 valence electrons. The Morgan fingerprint density at radius 3 is 2.20 bits per heavy atom. The average molecular weight is 353 g/mol. The summed E-state index contributed by atoms with van der Waals surface area (Å²) in [7, 11) is 0. The van der Waals surface area contributed by atoms with Crippen molar-refractivity contribution in [2.45, 2.75) is 19.1 Å². The van der Waals surface area contributed by atoms with E-state index in [1.54, 1.807) is 0 Å². The maximum Gasteiger partial charge on any atom is 0.328 e. The zero-order valence-corrected chi connectivity index (χ0v) is 11.7. The van der Waals surface area contributed by atoms with Gasteiger partial charge in [0.1, 0.15) is 5.69 Å². The van der Waals surface area contributed by atoms with E-state index in [-0.39, 0.29) is 4.47 Å². The molecule has 2 atom stereocenters. The van der Waals surface area contributed by atoms with Crippen LogP contribution >= 0.6 is 15.9 Å². The van der Waals surface area contributed by atoms with E-state index in [4.69, 9.17) is 10.2 Å². The van der Waals surface area contributed by atoms with Crippen molar-refractivity contribution in [3.8, 4) is 0 Å². The number of anilines is 1. The summed E-state index contributed by atoms with van der Waals surface area (Å²) in [5, 5.41) is 21.7. The summed E-state index contributed by atoms with van der Waals surface area (Å²) in [6.07, 6.45) is -1.38. The van der Waals surface area contributed by atoms with Crippen LogP contribution in [0.4, 0.5) is 19.3 Å². The number of carboxylic acids is 1. The number of halogens is 3. The lowest BCUT2D eigenvalue weighted by atomic mass is 10.2. The van der Waals surface area contributed by atoms with E-state index in [9.17, 15) is 18.4 Å². The lowest BCUT2D eigenvalue weighted by Gasteiger charge is -2.17. The van der Waals surface area contributed by atoms with Crippen LogP contribution in [0.5, 0.6) is 0 Å². The Kier molecular flexibility index (Phi) is 5.40. The van der Waals surface area contributed by atoms with Gasteiger partial charge in [-0.2, -0.15) is 0 Å². The van der Waals surface area contributed by atoms with Gasteiger partial charge >= 0.3 is 12.0 Å². The second-order valence-electron chi connectivity index (χ2n) is 3.90. The topological polar surface area (TPSA) is 98.7 Å². The number of urea groups is 1. The summed E-state index contributed by atoms with van der Waals surface area (Å²) < 4.78 is 27.0. The normalized spacial score (nSPS) is 13.4. The number of hydrogen-bond acceptors (Lipinski definition) is 3. The number of hydrogen-bond donors (Lipinski definition) is 4. The highest BCUT2D eigenvalue weighted by Gasteiger charge is 2.25. The van der Waals surface area contributed by atoms with Gasteiger partial charge in [0.15, 0.2) is 17.7 Å². The zero-order valence-electron chi connectivity index (χ0n) is 10.2. The first-order valence-electron chi connectivity index (χ1n) is 5.35. The highest BCUT2D eigenvalue weighted by Crippen LogP contribution is 2.23. The number of carboxylic acid groups (broad SMARTS) is 1. The molecular weight excluding hydrogens is 342 g/mol. The van der Waals surface area contributed by atoms with Gasteiger partial charge in [-0.1, -0.05) is 15.9 Å². The lowest BCUT2D eigenvalue weighted by Crippen LogP contribution is -2.49. The highest BCUT2D eigenvalue weighted by molar-refractivity contribution is 9.10. The van der Waals surface area contributed by atoms with Gasteiger partial charge in [0.25, 0.3) is 0 Å². The molecule has 0 aliphatic heterocycles. The first-order chi connectivity index (χ1) is 9.22. The van der Waals surface area contributed by atoms with E-state index in [1.165, 1.54) is 0 Å². The summed E-state index contributed by atoms with van der Waals surface area (Å²) in [6, 6.07) is -0.889. The molecule has 0 aliphatic rings. The molecule has 0 fully saturated rings. The van der Waals surface area contributed by atoms with Gasteiger partial charge in [-0.05, 0) is 19.1 Å². The summed E-state index contributed by atoms with van der Waals surface area (Å²) in [6.45, 7) is 1.15. The van der Waals surface area contributed by atoms with Crippen LogP contribution in [0.2, 0.25) is 0 Å². The zero-order chi connectivity index (χ0) is 15.4. The van der Waals surface area contributed by atoms with E-state index < -0.39 is 41.5 Å². The van der Waals surface area contributed by atoms with Crippen LogP contribution in [-0.2, 0) is 4.79 Å². The van der Waals surface area contributed by atoms with Crippen molar-refractivity contribution >= 4 is 33.6 Å². The second kappa shape index (κ2) is 6.62. The number of aliphatic carboxylic acids is 1. The lowest BCUT2D eigenvalue weighted by molar-refractivity contribution is -0.141. The maximum absolute atomic E-state index is 13.4. The molecular formula is C11H11BrF2N2O4. The number of benzene rings is 1. The van der Waals surface area contributed by atoms with Gasteiger partial charge in [0.05, 0.1) is 6.10 Å². The summed E-state index contributed by atoms with van der Waals surface area (Å²) in [4.78, 5) is 22.2. The van der Waals surface area contributed by atoms with E-state index >= 15 is 0 Å². The van der Waals surface area contributed by atoms with Crippen molar-refractivity contribution in [3.63, 3.8) is 0 Å². The fourth-order valence-electron chi connectivity index (χ4n) is 1.34. The Labute approximate surface area is 120 Å². The molecule has 1 rings (SSSR count). The molecule has 0 spiro atoms. The molecule has 0 radical (unpaired) electrons. The van der Waals surface area contributed by atoms with Crippen molar-refractivity contribution < 1.29 is 28.6 Å². The Morgan fingerprint density at radius 2 is 1.80 bits per heavy atom. The predicted molar refractivity (Wildman–Crippen MR) is 69.3 cm³/mol. The van der Waals surface area contributed by atoms with Gasteiger partial charge in [-0.15, -0.1) is 0 Å². The van der Waals surface area contributed by atoms with Crippen LogP contribution in [0.1, 0.15) is 6.92 Å². The molecule has 0 saturated heterocycles. The van der Waals surface area contributed by atoms with Crippen molar-refractivity contribution in [3.05, 3.63) is 28.2 Å². The number of nitrogens with one attached hydrogen (secondary N) is 2. The fraction of sp³-hybridized carbons (Fsp3) is 0.273. The molecule has 0 saturated carbocycles. The predicted octanol–water partition coefficient (Wildman–Crippen LogP) is 1.68. The maximum atomic E-state index is 13.4. The Morgan fingerprint density at radius 1 is 1.30 bits per heavy atom. The molecule has 4 N–H and O–H groups in total. The first kappa shape index (κ1) is 16.3. The monoisotopic (exact) mass is 352 g/mol. The Balaban J connectivity index is 2.84.